The van der Waals surface area contributed by atoms with Gasteiger partial charge >= 0.3 is 5.97 Å². The Hall–Kier alpha value is -2.11. The smallest absolute Gasteiger partial charge is 0.337 e. The van der Waals surface area contributed by atoms with Crippen molar-refractivity contribution >= 4 is 17.3 Å². The van der Waals surface area contributed by atoms with Crippen molar-refractivity contribution in [2.75, 3.05) is 12.4 Å². The van der Waals surface area contributed by atoms with E-state index in [0.29, 0.717) is 5.69 Å². The van der Waals surface area contributed by atoms with E-state index in [4.69, 9.17) is 0 Å². The summed E-state index contributed by atoms with van der Waals surface area (Å²) in [5.41, 5.74) is 0.528. The van der Waals surface area contributed by atoms with E-state index in [9.17, 15) is 14.9 Å². The molecule has 0 saturated carbocycles. The van der Waals surface area contributed by atoms with Crippen LogP contribution in [0.2, 0.25) is 0 Å². The number of hydrogen-bond donors (Lipinski definition) is 1. The fourth-order valence-corrected chi connectivity index (χ4v) is 1.37. The number of anilines is 1. The molecule has 0 fully saturated rings. The third kappa shape index (κ3) is 3.17. The molecule has 0 aliphatic rings. The Balaban J connectivity index is 3.18. The van der Waals surface area contributed by atoms with Gasteiger partial charge in [0, 0.05) is 12.1 Å². The van der Waals surface area contributed by atoms with Crippen molar-refractivity contribution in [2.24, 2.45) is 0 Å². The largest absolute Gasteiger partial charge is 0.465 e. The molecule has 0 amide bonds. The third-order valence-electron chi connectivity index (χ3n) is 2.06. The Morgan fingerprint density at radius 2 is 2.12 bits per heavy atom. The van der Waals surface area contributed by atoms with E-state index in [1.165, 1.54) is 25.3 Å². The molecule has 17 heavy (non-hydrogen) atoms. The monoisotopic (exact) mass is 238 g/mol. The minimum absolute atomic E-state index is 0.0293. The van der Waals surface area contributed by atoms with Crippen LogP contribution in [0.3, 0.4) is 0 Å². The zero-order valence-corrected chi connectivity index (χ0v) is 9.89. The Morgan fingerprint density at radius 1 is 1.47 bits per heavy atom. The Kier molecular flexibility index (Phi) is 4.03. The number of rotatable bonds is 4. The summed E-state index contributed by atoms with van der Waals surface area (Å²) in [5.74, 6) is -0.522. The highest BCUT2D eigenvalue weighted by molar-refractivity contribution is 5.91. The van der Waals surface area contributed by atoms with Crippen LogP contribution in [-0.2, 0) is 4.74 Å². The molecular formula is C11H14N2O4. The summed E-state index contributed by atoms with van der Waals surface area (Å²) in [6.07, 6.45) is 0. The maximum atomic E-state index is 11.3. The van der Waals surface area contributed by atoms with Crippen LogP contribution in [0.25, 0.3) is 0 Å². The van der Waals surface area contributed by atoms with E-state index in [1.54, 1.807) is 0 Å². The second-order valence-corrected chi connectivity index (χ2v) is 3.78. The van der Waals surface area contributed by atoms with E-state index < -0.39 is 10.9 Å². The lowest BCUT2D eigenvalue weighted by Crippen LogP contribution is -2.12. The molecule has 1 N–H and O–H groups in total. The van der Waals surface area contributed by atoms with Crippen molar-refractivity contribution in [3.63, 3.8) is 0 Å². The molecule has 0 spiro atoms. The zero-order valence-electron chi connectivity index (χ0n) is 9.89. The average Bonchev–Trinajstić information content (AvgIpc) is 2.26. The summed E-state index contributed by atoms with van der Waals surface area (Å²) in [6, 6.07) is 4.11. The zero-order chi connectivity index (χ0) is 13.0. The van der Waals surface area contributed by atoms with E-state index in [2.05, 4.69) is 10.1 Å². The molecule has 1 aromatic rings. The number of esters is 1. The second kappa shape index (κ2) is 5.29. The number of carbonyl (C=O) groups is 1. The first-order valence-electron chi connectivity index (χ1n) is 5.09. The number of benzene rings is 1. The quantitative estimate of drug-likeness (QED) is 0.494. The molecule has 6 nitrogen and oxygen atoms in total. The minimum Gasteiger partial charge on any atom is -0.465 e. The predicted molar refractivity (Wildman–Crippen MR) is 63.2 cm³/mol. The number of methoxy groups -OCH3 is 1. The first-order chi connectivity index (χ1) is 7.95. The molecule has 1 aromatic carbocycles. The number of nitrogens with zero attached hydrogens (tertiary/aromatic N) is 1. The van der Waals surface area contributed by atoms with Crippen molar-refractivity contribution in [2.45, 2.75) is 19.9 Å². The van der Waals surface area contributed by atoms with Gasteiger partial charge in [-0.05, 0) is 26.0 Å². The van der Waals surface area contributed by atoms with Gasteiger partial charge in [-0.1, -0.05) is 0 Å². The van der Waals surface area contributed by atoms with Crippen LogP contribution in [0.15, 0.2) is 18.2 Å². The van der Waals surface area contributed by atoms with Crippen molar-refractivity contribution in [1.29, 1.82) is 0 Å². The highest BCUT2D eigenvalue weighted by Crippen LogP contribution is 2.26. The number of carbonyl (C=O) groups excluding carboxylic acids is 1. The summed E-state index contributed by atoms with van der Waals surface area (Å²) < 4.78 is 4.56. The van der Waals surface area contributed by atoms with Gasteiger partial charge in [-0.25, -0.2) is 4.79 Å². The second-order valence-electron chi connectivity index (χ2n) is 3.78. The molecule has 0 unspecified atom stereocenters. The summed E-state index contributed by atoms with van der Waals surface area (Å²) in [6.45, 7) is 3.71. The van der Waals surface area contributed by atoms with Gasteiger partial charge in [-0.3, -0.25) is 10.1 Å². The molecule has 0 aliphatic carbocycles. The summed E-state index contributed by atoms with van der Waals surface area (Å²) in [4.78, 5) is 21.6. The highest BCUT2D eigenvalue weighted by atomic mass is 16.6. The molecule has 0 bridgehead atoms. The standard InChI is InChI=1S/C11H14N2O4/c1-7(2)12-9-6-8(11(14)17-3)4-5-10(9)13(15)16/h4-7,12H,1-3H3. The maximum Gasteiger partial charge on any atom is 0.337 e. The number of nitro groups is 1. The van der Waals surface area contributed by atoms with Crippen LogP contribution >= 0.6 is 0 Å². The van der Waals surface area contributed by atoms with Crippen LogP contribution in [0, 0.1) is 10.1 Å². The lowest BCUT2D eigenvalue weighted by molar-refractivity contribution is -0.384. The first kappa shape index (κ1) is 13.0. The SMILES string of the molecule is COC(=O)c1ccc([N+](=O)[O-])c(NC(C)C)c1. The van der Waals surface area contributed by atoms with Crippen LogP contribution in [-0.4, -0.2) is 24.0 Å². The van der Waals surface area contributed by atoms with Gasteiger partial charge in [0.15, 0.2) is 0 Å². The van der Waals surface area contributed by atoms with Crippen LogP contribution in [0.4, 0.5) is 11.4 Å². The molecule has 0 heterocycles. The van der Waals surface area contributed by atoms with Crippen molar-refractivity contribution in [1.82, 2.24) is 0 Å². The van der Waals surface area contributed by atoms with Crippen LogP contribution in [0.5, 0.6) is 0 Å². The number of ether oxygens (including phenoxy) is 1. The van der Waals surface area contributed by atoms with E-state index in [0.717, 1.165) is 0 Å². The first-order valence-corrected chi connectivity index (χ1v) is 5.09. The number of nitrogens with one attached hydrogen (secondary N) is 1. The summed E-state index contributed by atoms with van der Waals surface area (Å²) >= 11 is 0. The summed E-state index contributed by atoms with van der Waals surface area (Å²) in [7, 11) is 1.26. The number of hydrogen-bond acceptors (Lipinski definition) is 5. The van der Waals surface area contributed by atoms with Gasteiger partial charge in [0.2, 0.25) is 0 Å². The Bertz CT molecular complexity index is 443. The maximum absolute atomic E-state index is 11.3. The van der Waals surface area contributed by atoms with Gasteiger partial charge < -0.3 is 10.1 Å². The lowest BCUT2D eigenvalue weighted by Gasteiger charge is -2.11. The van der Waals surface area contributed by atoms with Gasteiger partial charge in [0.25, 0.3) is 5.69 Å². The Labute approximate surface area is 98.7 Å². The van der Waals surface area contributed by atoms with Crippen molar-refractivity contribution < 1.29 is 14.5 Å². The molecule has 92 valence electrons. The molecular weight excluding hydrogens is 224 g/mol. The third-order valence-corrected chi connectivity index (χ3v) is 2.06. The number of nitro benzene ring substituents is 1. The van der Waals surface area contributed by atoms with E-state index >= 15 is 0 Å². The van der Waals surface area contributed by atoms with Crippen molar-refractivity contribution in [3.8, 4) is 0 Å². The lowest BCUT2D eigenvalue weighted by atomic mass is 10.1. The summed E-state index contributed by atoms with van der Waals surface area (Å²) in [5, 5.41) is 13.7. The van der Waals surface area contributed by atoms with Gasteiger partial charge in [0.05, 0.1) is 17.6 Å². The van der Waals surface area contributed by atoms with Gasteiger partial charge in [-0.2, -0.15) is 0 Å². The minimum atomic E-state index is -0.522. The van der Waals surface area contributed by atoms with Crippen molar-refractivity contribution in [3.05, 3.63) is 33.9 Å². The highest BCUT2D eigenvalue weighted by Gasteiger charge is 2.17. The van der Waals surface area contributed by atoms with Gasteiger partial charge in [0.1, 0.15) is 5.69 Å². The molecule has 0 aromatic heterocycles. The van der Waals surface area contributed by atoms with E-state index in [1.807, 2.05) is 13.8 Å². The normalized spacial score (nSPS) is 10.1. The van der Waals surface area contributed by atoms with Gasteiger partial charge in [-0.15, -0.1) is 0 Å². The molecule has 1 rings (SSSR count). The molecule has 0 atom stereocenters. The molecule has 6 heteroatoms. The fourth-order valence-electron chi connectivity index (χ4n) is 1.37. The predicted octanol–water partition coefficient (Wildman–Crippen LogP) is 2.20. The molecule has 0 aliphatic heterocycles. The molecule has 0 saturated heterocycles. The van der Waals surface area contributed by atoms with Crippen LogP contribution in [0.1, 0.15) is 24.2 Å². The topological polar surface area (TPSA) is 81.5 Å². The van der Waals surface area contributed by atoms with Crippen LogP contribution < -0.4 is 5.32 Å². The fraction of sp³-hybridized carbons (Fsp3) is 0.364. The van der Waals surface area contributed by atoms with E-state index in [-0.39, 0.29) is 17.3 Å². The molecule has 0 radical (unpaired) electrons. The average molecular weight is 238 g/mol. The Morgan fingerprint density at radius 3 is 2.59 bits per heavy atom.